The van der Waals surface area contributed by atoms with Crippen molar-refractivity contribution in [2.75, 3.05) is 13.2 Å². The molecular formula is C10H12ClNO4. The van der Waals surface area contributed by atoms with E-state index < -0.39 is 4.92 Å². The molecule has 0 aliphatic heterocycles. The van der Waals surface area contributed by atoms with Gasteiger partial charge in [-0.2, -0.15) is 0 Å². The van der Waals surface area contributed by atoms with Crippen LogP contribution in [0, 0.1) is 16.0 Å². The monoisotopic (exact) mass is 245 g/mol. The third kappa shape index (κ3) is 3.36. The molecule has 0 fully saturated rings. The highest BCUT2D eigenvalue weighted by Gasteiger charge is 2.11. The Bertz CT molecular complexity index is 383. The summed E-state index contributed by atoms with van der Waals surface area (Å²) in [4.78, 5) is 9.93. The van der Waals surface area contributed by atoms with Gasteiger partial charge in [-0.1, -0.05) is 18.5 Å². The van der Waals surface area contributed by atoms with Gasteiger partial charge in [0.25, 0.3) is 5.69 Å². The first-order valence-corrected chi connectivity index (χ1v) is 5.10. The van der Waals surface area contributed by atoms with Gasteiger partial charge in [0.2, 0.25) is 0 Å². The maximum Gasteiger partial charge on any atom is 0.271 e. The predicted octanol–water partition coefficient (Wildman–Crippen LogP) is 2.26. The molecule has 0 aliphatic rings. The van der Waals surface area contributed by atoms with E-state index in [4.69, 9.17) is 21.4 Å². The van der Waals surface area contributed by atoms with Gasteiger partial charge >= 0.3 is 0 Å². The summed E-state index contributed by atoms with van der Waals surface area (Å²) in [5.41, 5.74) is -0.0763. The molecule has 0 saturated heterocycles. The number of aliphatic hydroxyl groups excluding tert-OH is 1. The molecule has 0 radical (unpaired) electrons. The van der Waals surface area contributed by atoms with Gasteiger partial charge in [-0.3, -0.25) is 10.1 Å². The van der Waals surface area contributed by atoms with Gasteiger partial charge in [0.1, 0.15) is 5.75 Å². The van der Waals surface area contributed by atoms with Crippen molar-refractivity contribution in [3.63, 3.8) is 0 Å². The van der Waals surface area contributed by atoms with E-state index in [9.17, 15) is 10.1 Å². The van der Waals surface area contributed by atoms with E-state index in [1.54, 1.807) is 0 Å². The standard InChI is InChI=1S/C10H12ClNO4/c1-7(5-13)6-16-10-3-2-8(12(14)15)4-9(10)11/h2-4,7,13H,5-6H2,1H3. The van der Waals surface area contributed by atoms with Crippen LogP contribution in [0.25, 0.3) is 0 Å². The zero-order valence-electron chi connectivity index (χ0n) is 8.72. The number of rotatable bonds is 5. The molecule has 16 heavy (non-hydrogen) atoms. The number of ether oxygens (including phenoxy) is 1. The Morgan fingerprint density at radius 3 is 2.81 bits per heavy atom. The summed E-state index contributed by atoms with van der Waals surface area (Å²) in [6, 6.07) is 4.01. The molecule has 0 amide bonds. The summed E-state index contributed by atoms with van der Waals surface area (Å²) in [5.74, 6) is 0.374. The number of nitro groups is 1. The molecule has 1 atom stereocenters. The molecule has 0 bridgehead atoms. The lowest BCUT2D eigenvalue weighted by atomic mass is 10.2. The van der Waals surface area contributed by atoms with Crippen LogP contribution in [-0.2, 0) is 0 Å². The van der Waals surface area contributed by atoms with Crippen molar-refractivity contribution in [3.8, 4) is 5.75 Å². The number of nitro benzene ring substituents is 1. The number of benzene rings is 1. The first-order valence-electron chi connectivity index (χ1n) is 4.72. The lowest BCUT2D eigenvalue weighted by molar-refractivity contribution is -0.384. The van der Waals surface area contributed by atoms with Gasteiger partial charge in [-0.25, -0.2) is 0 Å². The minimum absolute atomic E-state index is 0.00809. The van der Waals surface area contributed by atoms with Crippen LogP contribution in [0.5, 0.6) is 5.75 Å². The summed E-state index contributed by atoms with van der Waals surface area (Å²) in [6.45, 7) is 2.15. The molecule has 6 heteroatoms. The van der Waals surface area contributed by atoms with Crippen LogP contribution in [-0.4, -0.2) is 23.2 Å². The number of aliphatic hydroxyl groups is 1. The highest BCUT2D eigenvalue weighted by Crippen LogP contribution is 2.28. The highest BCUT2D eigenvalue weighted by atomic mass is 35.5. The molecule has 0 heterocycles. The Hall–Kier alpha value is -1.33. The van der Waals surface area contributed by atoms with Crippen LogP contribution in [0.1, 0.15) is 6.92 Å². The molecule has 0 saturated carbocycles. The molecule has 1 N–H and O–H groups in total. The Kier molecular flexibility index (Phi) is 4.52. The second kappa shape index (κ2) is 5.67. The fourth-order valence-corrected chi connectivity index (χ4v) is 1.23. The fraction of sp³-hybridized carbons (Fsp3) is 0.400. The van der Waals surface area contributed by atoms with E-state index in [0.29, 0.717) is 12.4 Å². The average Bonchev–Trinajstić information content (AvgIpc) is 2.26. The Balaban J connectivity index is 2.72. The van der Waals surface area contributed by atoms with E-state index in [2.05, 4.69) is 0 Å². The zero-order chi connectivity index (χ0) is 12.1. The largest absolute Gasteiger partial charge is 0.492 e. The maximum atomic E-state index is 10.4. The van der Waals surface area contributed by atoms with Crippen molar-refractivity contribution >= 4 is 17.3 Å². The minimum Gasteiger partial charge on any atom is -0.492 e. The second-order valence-electron chi connectivity index (χ2n) is 3.47. The summed E-state index contributed by atoms with van der Waals surface area (Å²) in [7, 11) is 0. The first-order chi connectivity index (χ1) is 7.54. The number of hydrogen-bond donors (Lipinski definition) is 1. The number of hydrogen-bond acceptors (Lipinski definition) is 4. The van der Waals surface area contributed by atoms with Crippen LogP contribution < -0.4 is 4.74 Å². The summed E-state index contributed by atoms with van der Waals surface area (Å²) < 4.78 is 5.31. The summed E-state index contributed by atoms with van der Waals surface area (Å²) >= 11 is 5.81. The van der Waals surface area contributed by atoms with E-state index in [1.807, 2.05) is 6.92 Å². The molecule has 88 valence electrons. The molecule has 0 spiro atoms. The van der Waals surface area contributed by atoms with Gasteiger partial charge in [-0.05, 0) is 6.07 Å². The van der Waals surface area contributed by atoms with Crippen LogP contribution in [0.3, 0.4) is 0 Å². The fourth-order valence-electron chi connectivity index (χ4n) is 1.01. The topological polar surface area (TPSA) is 72.6 Å². The molecule has 0 aromatic heterocycles. The van der Waals surface area contributed by atoms with Gasteiger partial charge in [0.05, 0.1) is 16.6 Å². The molecule has 1 aromatic rings. The predicted molar refractivity (Wildman–Crippen MR) is 59.9 cm³/mol. The minimum atomic E-state index is -0.522. The molecule has 1 aromatic carbocycles. The normalized spacial score (nSPS) is 12.2. The van der Waals surface area contributed by atoms with Gasteiger partial charge in [0, 0.05) is 24.7 Å². The van der Waals surface area contributed by atoms with E-state index in [-0.39, 0.29) is 23.2 Å². The van der Waals surface area contributed by atoms with Crippen molar-refractivity contribution in [2.24, 2.45) is 5.92 Å². The van der Waals surface area contributed by atoms with E-state index in [1.165, 1.54) is 18.2 Å². The van der Waals surface area contributed by atoms with Crippen molar-refractivity contribution in [1.82, 2.24) is 0 Å². The third-order valence-corrected chi connectivity index (χ3v) is 2.26. The number of non-ortho nitro benzene ring substituents is 1. The van der Waals surface area contributed by atoms with E-state index in [0.717, 1.165) is 0 Å². The molecule has 0 aliphatic carbocycles. The lowest BCUT2D eigenvalue weighted by Crippen LogP contribution is -2.12. The molecule has 1 rings (SSSR count). The Labute approximate surface area is 97.8 Å². The average molecular weight is 246 g/mol. The number of nitrogens with zero attached hydrogens (tertiary/aromatic N) is 1. The van der Waals surface area contributed by atoms with Crippen molar-refractivity contribution < 1.29 is 14.8 Å². The number of halogens is 1. The Morgan fingerprint density at radius 2 is 2.31 bits per heavy atom. The van der Waals surface area contributed by atoms with Gasteiger partial charge in [0.15, 0.2) is 0 Å². The molecule has 1 unspecified atom stereocenters. The maximum absolute atomic E-state index is 10.4. The van der Waals surface area contributed by atoms with Crippen LogP contribution >= 0.6 is 11.6 Å². The smallest absolute Gasteiger partial charge is 0.271 e. The van der Waals surface area contributed by atoms with E-state index >= 15 is 0 Å². The van der Waals surface area contributed by atoms with Gasteiger partial charge < -0.3 is 9.84 Å². The summed E-state index contributed by atoms with van der Waals surface area (Å²) in [6.07, 6.45) is 0. The highest BCUT2D eigenvalue weighted by molar-refractivity contribution is 6.32. The molecular weight excluding hydrogens is 234 g/mol. The van der Waals surface area contributed by atoms with Crippen LogP contribution in [0.15, 0.2) is 18.2 Å². The van der Waals surface area contributed by atoms with Crippen molar-refractivity contribution in [3.05, 3.63) is 33.3 Å². The first kappa shape index (κ1) is 12.7. The van der Waals surface area contributed by atoms with Crippen LogP contribution in [0.2, 0.25) is 5.02 Å². The van der Waals surface area contributed by atoms with Crippen LogP contribution in [0.4, 0.5) is 5.69 Å². The van der Waals surface area contributed by atoms with Crippen molar-refractivity contribution in [1.29, 1.82) is 0 Å². The quantitative estimate of drug-likeness (QED) is 0.638. The Morgan fingerprint density at radius 1 is 1.62 bits per heavy atom. The van der Waals surface area contributed by atoms with Gasteiger partial charge in [-0.15, -0.1) is 0 Å². The molecule has 5 nitrogen and oxygen atoms in total. The van der Waals surface area contributed by atoms with Crippen molar-refractivity contribution in [2.45, 2.75) is 6.92 Å². The second-order valence-corrected chi connectivity index (χ2v) is 3.88. The SMILES string of the molecule is CC(CO)COc1ccc([N+](=O)[O-])cc1Cl. The lowest BCUT2D eigenvalue weighted by Gasteiger charge is -2.11. The third-order valence-electron chi connectivity index (χ3n) is 1.96. The zero-order valence-corrected chi connectivity index (χ0v) is 9.48. The summed E-state index contributed by atoms with van der Waals surface area (Å²) in [5, 5.41) is 19.4.